The van der Waals surface area contributed by atoms with Gasteiger partial charge in [0.05, 0.1) is 13.2 Å². The Morgan fingerprint density at radius 2 is 1.30 bits per heavy atom. The predicted molar refractivity (Wildman–Crippen MR) is 158 cm³/mol. The van der Waals surface area contributed by atoms with Crippen LogP contribution >= 0.6 is 0 Å². The fourth-order valence-corrected chi connectivity index (χ4v) is 4.90. The molecule has 25 heteroatoms. The Hall–Kier alpha value is -5.15. The summed E-state index contributed by atoms with van der Waals surface area (Å²) in [5.74, 6) is -7.92. The number of amides is 1. The number of nitrogen functional groups attached to an aromatic ring is 1. The third-order valence-electron chi connectivity index (χ3n) is 7.38. The van der Waals surface area contributed by atoms with E-state index in [0.29, 0.717) is 14.9 Å². The Balaban J connectivity index is 0.000000227. The van der Waals surface area contributed by atoms with Crippen molar-refractivity contribution < 1.29 is 57.7 Å². The minimum absolute atomic E-state index is 0. The van der Waals surface area contributed by atoms with E-state index in [4.69, 9.17) is 25.4 Å². The molecule has 1 aromatic carbocycles. The fraction of sp³-hybridized carbons (Fsp3) is 0.400. The molecule has 4 aromatic heterocycles. The van der Waals surface area contributed by atoms with Crippen molar-refractivity contribution in [2.24, 2.45) is 0 Å². The third-order valence-corrected chi connectivity index (χ3v) is 7.38. The van der Waals surface area contributed by atoms with Gasteiger partial charge in [-0.25, -0.2) is 19.9 Å². The van der Waals surface area contributed by atoms with Crippen molar-refractivity contribution in [3.63, 3.8) is 0 Å². The Kier molecular flexibility index (Phi) is 10.8. The zero-order valence-electron chi connectivity index (χ0n) is 25.2. The molecule has 5 aromatic rings. The third kappa shape index (κ3) is 6.33. The topological polar surface area (TPSA) is 334 Å². The van der Waals surface area contributed by atoms with E-state index in [9.17, 15) is 32.6 Å². The number of hydrogen-bond donors (Lipinski definition) is 7. The van der Waals surface area contributed by atoms with Crippen LogP contribution in [-0.2, 0) is 9.47 Å². The summed E-state index contributed by atoms with van der Waals surface area (Å²) in [6.45, 7) is -1.55. The van der Waals surface area contributed by atoms with Gasteiger partial charge in [0.1, 0.15) is 24.9 Å². The van der Waals surface area contributed by atoms with Gasteiger partial charge in [-0.15, -0.1) is 10.2 Å². The summed E-state index contributed by atoms with van der Waals surface area (Å²) in [7, 11) is 0. The molecule has 12 N–H and O–H groups in total. The number of rotatable bonds is 6. The van der Waals surface area contributed by atoms with Crippen molar-refractivity contribution in [3.8, 4) is 0 Å². The smallest absolute Gasteiger partial charge is 0.321 e. The zero-order valence-corrected chi connectivity index (χ0v) is 25.2. The summed E-state index contributed by atoms with van der Waals surface area (Å²) >= 11 is 0. The molecule has 270 valence electrons. The SMILES string of the molecule is N.Nc1ncnc2c1nnn2[C@@H]1O[C@H](CO)[C@@H](O)C1(F)F.O.O=C(Nc1ncnc2c1nnn2[C@@H]1O[C@H](CO)[C@@H](O)C1(F)F)c1ccccc1. The van der Waals surface area contributed by atoms with Crippen molar-refractivity contribution in [2.75, 3.05) is 24.3 Å². The standard InChI is InChI=1S/C16H14F2N6O4.C9H10F2N6O3.H3N.H2O/c17-16(18)11(26)9(6-25)28-15(16)24-13-10(22-23-24)12(19-7-20-13)21-14(27)8-4-2-1-3-5-8;10-9(11)5(19)3(1-18)20-8(9)17-7-4(15-16-17)6(12)13-2-14-7;;/h1-5,7,9,11,15,25-26H,6H2,(H,19,20,21,27);2-3,5,8,18-19H,1H2,(H2,12,13,14);1H3;1H2/t9-,11-,15-;3-,5-,8-;;/m11../s1. The summed E-state index contributed by atoms with van der Waals surface area (Å²) in [5, 5.41) is 54.2. The molecule has 2 aliphatic rings. The lowest BCUT2D eigenvalue weighted by molar-refractivity contribution is -0.142. The lowest BCUT2D eigenvalue weighted by atomic mass is 10.1. The first-order valence-electron chi connectivity index (χ1n) is 13.8. The van der Waals surface area contributed by atoms with E-state index in [1.807, 2.05) is 0 Å². The molecular formula is C25H29F4N13O8. The number of aliphatic hydroxyl groups excluding tert-OH is 4. The second-order valence-electron chi connectivity index (χ2n) is 10.4. The molecule has 0 aliphatic carbocycles. The van der Waals surface area contributed by atoms with E-state index in [2.05, 4.69) is 45.9 Å². The van der Waals surface area contributed by atoms with Crippen molar-refractivity contribution in [3.05, 3.63) is 48.5 Å². The number of nitrogens with two attached hydrogens (primary N) is 1. The first-order valence-corrected chi connectivity index (χ1v) is 13.8. The second-order valence-corrected chi connectivity index (χ2v) is 10.4. The van der Waals surface area contributed by atoms with Gasteiger partial charge in [-0.05, 0) is 12.1 Å². The summed E-state index contributed by atoms with van der Waals surface area (Å²) in [6, 6.07) is 8.30. The summed E-state index contributed by atoms with van der Waals surface area (Å²) in [6.07, 6.45) is -9.13. The lowest BCUT2D eigenvalue weighted by Gasteiger charge is -2.19. The van der Waals surface area contributed by atoms with Crippen molar-refractivity contribution in [2.45, 2.75) is 48.7 Å². The summed E-state index contributed by atoms with van der Waals surface area (Å²) < 4.78 is 68.1. The Bertz CT molecular complexity index is 1940. The number of halogens is 4. The Labute approximate surface area is 275 Å². The number of benzene rings is 1. The van der Waals surface area contributed by atoms with Gasteiger partial charge < -0.3 is 52.6 Å². The molecule has 0 radical (unpaired) electrons. The number of aliphatic hydroxyl groups is 4. The quantitative estimate of drug-likeness (QED) is 0.0972. The van der Waals surface area contributed by atoms with Crippen LogP contribution in [0.15, 0.2) is 43.0 Å². The molecule has 7 rings (SSSR count). The number of fused-ring (bicyclic) bond motifs is 2. The Morgan fingerprint density at radius 1 is 0.820 bits per heavy atom. The molecule has 0 saturated carbocycles. The van der Waals surface area contributed by atoms with Crippen LogP contribution in [0.25, 0.3) is 22.3 Å². The van der Waals surface area contributed by atoms with E-state index in [0.717, 1.165) is 12.7 Å². The van der Waals surface area contributed by atoms with E-state index in [1.54, 1.807) is 30.3 Å². The van der Waals surface area contributed by atoms with Gasteiger partial charge in [0.15, 0.2) is 46.2 Å². The maximum absolute atomic E-state index is 14.4. The van der Waals surface area contributed by atoms with Gasteiger partial charge in [0.2, 0.25) is 12.5 Å². The molecule has 6 heterocycles. The molecular weight excluding hydrogens is 686 g/mol. The van der Waals surface area contributed by atoms with Gasteiger partial charge in [0, 0.05) is 5.56 Å². The molecule has 0 unspecified atom stereocenters. The molecule has 21 nitrogen and oxygen atoms in total. The molecule has 2 aliphatic heterocycles. The first kappa shape index (κ1) is 37.7. The first-order chi connectivity index (χ1) is 22.9. The van der Waals surface area contributed by atoms with E-state index in [1.165, 1.54) is 0 Å². The number of ether oxygens (including phenoxy) is 2. The van der Waals surface area contributed by atoms with Gasteiger partial charge in [-0.3, -0.25) is 4.79 Å². The molecule has 2 saturated heterocycles. The molecule has 50 heavy (non-hydrogen) atoms. The number of aromatic nitrogens is 10. The van der Waals surface area contributed by atoms with Crippen LogP contribution in [0.2, 0.25) is 0 Å². The normalized spacial score (nSPS) is 25.0. The number of nitrogens with one attached hydrogen (secondary N) is 1. The molecule has 6 atom stereocenters. The minimum atomic E-state index is -3.74. The van der Waals surface area contributed by atoms with Crippen LogP contribution in [0.5, 0.6) is 0 Å². The minimum Gasteiger partial charge on any atom is -0.412 e. The maximum Gasteiger partial charge on any atom is 0.321 e. The van der Waals surface area contributed by atoms with Crippen molar-refractivity contribution in [1.29, 1.82) is 0 Å². The highest BCUT2D eigenvalue weighted by Crippen LogP contribution is 2.44. The average molecular weight is 716 g/mol. The second kappa shape index (κ2) is 14.4. The monoisotopic (exact) mass is 715 g/mol. The number of hydrogen-bond acceptors (Lipinski definition) is 17. The van der Waals surface area contributed by atoms with Crippen LogP contribution < -0.4 is 17.2 Å². The van der Waals surface area contributed by atoms with E-state index >= 15 is 0 Å². The molecule has 1 amide bonds. The predicted octanol–water partition coefficient (Wildman–Crippen LogP) is -1.61. The largest absolute Gasteiger partial charge is 0.412 e. The Morgan fingerprint density at radius 3 is 1.80 bits per heavy atom. The van der Waals surface area contributed by atoms with Crippen LogP contribution in [0.1, 0.15) is 22.8 Å². The van der Waals surface area contributed by atoms with Gasteiger partial charge >= 0.3 is 11.8 Å². The van der Waals surface area contributed by atoms with Gasteiger partial charge in [-0.1, -0.05) is 28.6 Å². The van der Waals surface area contributed by atoms with Crippen LogP contribution in [-0.4, -0.2) is 131 Å². The van der Waals surface area contributed by atoms with E-state index < -0.39 is 67.8 Å². The maximum atomic E-state index is 14.4. The highest BCUT2D eigenvalue weighted by molar-refractivity contribution is 6.06. The van der Waals surface area contributed by atoms with E-state index in [-0.39, 0.29) is 45.6 Å². The van der Waals surface area contributed by atoms with Crippen molar-refractivity contribution in [1.82, 2.24) is 56.1 Å². The van der Waals surface area contributed by atoms with Crippen LogP contribution in [0.3, 0.4) is 0 Å². The molecule has 2 fully saturated rings. The summed E-state index contributed by atoms with van der Waals surface area (Å²) in [5.41, 5.74) is 5.73. The van der Waals surface area contributed by atoms with Gasteiger partial charge in [0.25, 0.3) is 5.91 Å². The number of alkyl halides is 4. The number of anilines is 2. The van der Waals surface area contributed by atoms with Crippen LogP contribution in [0.4, 0.5) is 29.2 Å². The molecule has 0 bridgehead atoms. The summed E-state index contributed by atoms with van der Waals surface area (Å²) in [4.78, 5) is 27.6. The highest BCUT2D eigenvalue weighted by atomic mass is 19.3. The zero-order chi connectivity index (χ0) is 34.4. The van der Waals surface area contributed by atoms with Gasteiger partial charge in [-0.2, -0.15) is 26.9 Å². The highest BCUT2D eigenvalue weighted by Gasteiger charge is 2.61. The fourth-order valence-electron chi connectivity index (χ4n) is 4.90. The number of carbonyl (C=O) groups is 1. The van der Waals surface area contributed by atoms with Crippen molar-refractivity contribution >= 4 is 39.9 Å². The molecule has 0 spiro atoms. The number of nitrogens with zero attached hydrogens (tertiary/aromatic N) is 10. The lowest BCUT2D eigenvalue weighted by Crippen LogP contribution is -2.39. The van der Waals surface area contributed by atoms with Crippen LogP contribution in [0, 0.1) is 0 Å². The number of carbonyl (C=O) groups excluding carboxylic acids is 1. The average Bonchev–Trinajstić information content (AvgIpc) is 3.81.